The molecule has 3 N–H and O–H groups in total. The topological polar surface area (TPSA) is 111 Å². The number of benzene rings is 1. The third kappa shape index (κ3) is 3.64. The van der Waals surface area contributed by atoms with Gasteiger partial charge in [-0.3, -0.25) is 10.1 Å². The van der Waals surface area contributed by atoms with E-state index in [2.05, 4.69) is 16.9 Å². The molecule has 2 aromatic rings. The highest BCUT2D eigenvalue weighted by Gasteiger charge is 2.67. The van der Waals surface area contributed by atoms with Crippen molar-refractivity contribution in [3.63, 3.8) is 0 Å². The Morgan fingerprint density at radius 3 is 2.80 bits per heavy atom. The van der Waals surface area contributed by atoms with Crippen LogP contribution in [0.4, 0.5) is 0 Å². The molecule has 2 saturated heterocycles. The molecule has 1 saturated carbocycles. The maximum absolute atomic E-state index is 12.6. The molecule has 1 spiro atoms. The Hall–Kier alpha value is -2.27. The number of aromatic amines is 1. The number of carbonyl (C=O) groups is 1. The summed E-state index contributed by atoms with van der Waals surface area (Å²) in [7, 11) is 1.36. The van der Waals surface area contributed by atoms with Crippen molar-refractivity contribution in [2.45, 2.75) is 80.7 Å². The fourth-order valence-corrected chi connectivity index (χ4v) is 6.19. The van der Waals surface area contributed by atoms with Crippen molar-refractivity contribution in [2.24, 2.45) is 0 Å². The molecule has 9 nitrogen and oxygen atoms in total. The van der Waals surface area contributed by atoms with Gasteiger partial charge < -0.3 is 33.8 Å². The average Bonchev–Trinajstić information content (AvgIpc) is 3.49. The molecule has 4 aliphatic rings. The van der Waals surface area contributed by atoms with Crippen LogP contribution in [-0.2, 0) is 34.9 Å². The number of methoxy groups -OCH3 is 1. The molecule has 6 rings (SSSR count). The monoisotopic (exact) mass is 484 g/mol. The van der Waals surface area contributed by atoms with Gasteiger partial charge in [0.1, 0.15) is 24.3 Å². The molecule has 0 amide bonds. The van der Waals surface area contributed by atoms with Crippen LogP contribution in [0.1, 0.15) is 49.4 Å². The highest BCUT2D eigenvalue weighted by Crippen LogP contribution is 2.52. The number of H-pyrrole nitrogens is 1. The Labute approximate surface area is 203 Å². The van der Waals surface area contributed by atoms with Crippen molar-refractivity contribution in [3.05, 3.63) is 48.2 Å². The number of carbonyl (C=O) groups excluding carboxylic acids is 1. The minimum Gasteiger partial charge on any atom is -0.468 e. The maximum Gasteiger partial charge on any atom is 0.323 e. The summed E-state index contributed by atoms with van der Waals surface area (Å²) in [5, 5.41) is 16.4. The van der Waals surface area contributed by atoms with E-state index in [1.807, 2.05) is 24.3 Å². The number of hydrogen-bond acceptors (Lipinski definition) is 8. The summed E-state index contributed by atoms with van der Waals surface area (Å²) in [4.78, 5) is 16.1. The smallest absolute Gasteiger partial charge is 0.323 e. The first-order valence-electron chi connectivity index (χ1n) is 12.4. The lowest BCUT2D eigenvalue weighted by atomic mass is 9.87. The Morgan fingerprint density at radius 2 is 2.03 bits per heavy atom. The zero-order chi connectivity index (χ0) is 24.2. The number of para-hydroxylation sites is 1. The molecule has 3 aliphatic heterocycles. The third-order valence-corrected chi connectivity index (χ3v) is 7.78. The van der Waals surface area contributed by atoms with Gasteiger partial charge in [-0.1, -0.05) is 30.7 Å². The van der Waals surface area contributed by atoms with Crippen molar-refractivity contribution >= 4 is 16.9 Å². The molecular weight excluding hydrogens is 452 g/mol. The third-order valence-electron chi connectivity index (χ3n) is 7.78. The van der Waals surface area contributed by atoms with Crippen LogP contribution < -0.4 is 5.32 Å². The van der Waals surface area contributed by atoms with Crippen LogP contribution in [0.15, 0.2) is 36.9 Å². The van der Waals surface area contributed by atoms with Crippen molar-refractivity contribution < 1.29 is 33.6 Å². The van der Waals surface area contributed by atoms with Crippen LogP contribution in [0.25, 0.3) is 10.9 Å². The van der Waals surface area contributed by atoms with E-state index in [0.717, 1.165) is 54.3 Å². The first kappa shape index (κ1) is 23.1. The van der Waals surface area contributed by atoms with Crippen LogP contribution in [0.3, 0.4) is 0 Å². The number of aromatic nitrogens is 1. The lowest BCUT2D eigenvalue weighted by Gasteiger charge is -2.42. The predicted molar refractivity (Wildman–Crippen MR) is 125 cm³/mol. The van der Waals surface area contributed by atoms with Crippen molar-refractivity contribution in [2.75, 3.05) is 13.7 Å². The number of aliphatic hydroxyl groups is 1. The molecule has 1 aliphatic carbocycles. The van der Waals surface area contributed by atoms with E-state index in [1.54, 1.807) is 6.08 Å². The SMILES string of the molecule is C=CCO[C@@H]1[C@H]2OC3(CCCCC3)O[C@H]2O[C@]1(O)[C@@H]1N[C@@H](C(=O)OC)Cc2c1[nH]c1ccccc21. The zero-order valence-electron chi connectivity index (χ0n) is 19.8. The second-order valence-corrected chi connectivity index (χ2v) is 9.89. The summed E-state index contributed by atoms with van der Waals surface area (Å²) < 4.78 is 30.2. The van der Waals surface area contributed by atoms with E-state index in [-0.39, 0.29) is 6.61 Å². The van der Waals surface area contributed by atoms with Gasteiger partial charge in [-0.15, -0.1) is 6.58 Å². The van der Waals surface area contributed by atoms with E-state index < -0.39 is 48.1 Å². The van der Waals surface area contributed by atoms with Crippen LogP contribution in [-0.4, -0.2) is 65.9 Å². The number of rotatable bonds is 5. The first-order chi connectivity index (χ1) is 17.0. The summed E-state index contributed by atoms with van der Waals surface area (Å²) in [6, 6.07) is 6.37. The lowest BCUT2D eigenvalue weighted by Crippen LogP contribution is -2.59. The number of hydrogen-bond donors (Lipinski definition) is 3. The fourth-order valence-electron chi connectivity index (χ4n) is 6.19. The van der Waals surface area contributed by atoms with E-state index in [0.29, 0.717) is 6.42 Å². The number of nitrogens with one attached hydrogen (secondary N) is 2. The Balaban J connectivity index is 1.40. The number of fused-ring (bicyclic) bond motifs is 4. The molecule has 1 aromatic heterocycles. The molecule has 35 heavy (non-hydrogen) atoms. The molecule has 0 bridgehead atoms. The average molecular weight is 485 g/mol. The van der Waals surface area contributed by atoms with Crippen LogP contribution in [0.5, 0.6) is 0 Å². The van der Waals surface area contributed by atoms with Crippen molar-refractivity contribution in [1.82, 2.24) is 10.3 Å². The fraction of sp³-hybridized carbons (Fsp3) is 0.577. The summed E-state index contributed by atoms with van der Waals surface area (Å²) in [5.74, 6) is -2.99. The van der Waals surface area contributed by atoms with Crippen LogP contribution in [0.2, 0.25) is 0 Å². The maximum atomic E-state index is 12.6. The number of esters is 1. The highest BCUT2D eigenvalue weighted by molar-refractivity contribution is 5.87. The van der Waals surface area contributed by atoms with Gasteiger partial charge in [0.15, 0.2) is 12.1 Å². The summed E-state index contributed by atoms with van der Waals surface area (Å²) in [6.45, 7) is 3.96. The zero-order valence-corrected chi connectivity index (χ0v) is 19.8. The van der Waals surface area contributed by atoms with Gasteiger partial charge >= 0.3 is 5.97 Å². The molecular formula is C26H32N2O7. The van der Waals surface area contributed by atoms with Gasteiger partial charge in [0.25, 0.3) is 0 Å². The van der Waals surface area contributed by atoms with E-state index in [9.17, 15) is 9.90 Å². The minimum absolute atomic E-state index is 0.197. The van der Waals surface area contributed by atoms with Gasteiger partial charge in [0, 0.05) is 35.9 Å². The molecule has 4 heterocycles. The quantitative estimate of drug-likeness (QED) is 0.439. The van der Waals surface area contributed by atoms with Crippen LogP contribution in [0, 0.1) is 0 Å². The highest BCUT2D eigenvalue weighted by atomic mass is 16.9. The molecule has 6 atom stereocenters. The normalized spacial score (nSPS) is 35.7. The summed E-state index contributed by atoms with van der Waals surface area (Å²) in [6.07, 6.45) is 4.51. The van der Waals surface area contributed by atoms with E-state index >= 15 is 0 Å². The van der Waals surface area contributed by atoms with Gasteiger partial charge in [-0.05, 0) is 24.5 Å². The predicted octanol–water partition coefficient (Wildman–Crippen LogP) is 2.59. The number of ether oxygens (including phenoxy) is 5. The van der Waals surface area contributed by atoms with Gasteiger partial charge in [0.05, 0.1) is 13.7 Å². The molecule has 0 unspecified atom stereocenters. The molecule has 9 heteroatoms. The second kappa shape index (κ2) is 8.69. The second-order valence-electron chi connectivity index (χ2n) is 9.89. The van der Waals surface area contributed by atoms with E-state index in [4.69, 9.17) is 23.7 Å². The van der Waals surface area contributed by atoms with Crippen LogP contribution >= 0.6 is 0 Å². The van der Waals surface area contributed by atoms with Gasteiger partial charge in [-0.2, -0.15) is 0 Å². The molecule has 188 valence electrons. The van der Waals surface area contributed by atoms with Gasteiger partial charge in [-0.25, -0.2) is 0 Å². The first-order valence-corrected chi connectivity index (χ1v) is 12.4. The Morgan fingerprint density at radius 1 is 1.23 bits per heavy atom. The Kier molecular flexibility index (Phi) is 5.75. The Bertz CT molecular complexity index is 1130. The van der Waals surface area contributed by atoms with Gasteiger partial charge in [0.2, 0.25) is 5.79 Å². The van der Waals surface area contributed by atoms with E-state index in [1.165, 1.54) is 7.11 Å². The van der Waals surface area contributed by atoms with Crippen molar-refractivity contribution in [3.8, 4) is 0 Å². The molecule has 3 fully saturated rings. The van der Waals surface area contributed by atoms with Crippen molar-refractivity contribution in [1.29, 1.82) is 0 Å². The standard InChI is InChI=1S/C26H32N2O7/c1-3-13-32-22-20-24(34-25(33-20)11-7-4-8-12-25)35-26(22,30)21-19-16(14-18(28-21)23(29)31-2)15-9-5-6-10-17(15)27-19/h3,5-6,9-10,18,20-22,24,27-28,30H,1,4,7-8,11-14H2,2H3/t18-,20-,21-,22-,24+,26-/m1/s1. The largest absolute Gasteiger partial charge is 0.468 e. The summed E-state index contributed by atoms with van der Waals surface area (Å²) in [5.41, 5.74) is 2.59. The molecule has 0 radical (unpaired) electrons. The molecule has 1 aromatic carbocycles. The minimum atomic E-state index is -1.88. The lowest BCUT2D eigenvalue weighted by molar-refractivity contribution is -0.326. The summed E-state index contributed by atoms with van der Waals surface area (Å²) >= 11 is 0.